The molecule has 3 heterocycles. The van der Waals surface area contributed by atoms with E-state index in [0.717, 1.165) is 29.7 Å². The van der Waals surface area contributed by atoms with E-state index in [-0.39, 0.29) is 18.3 Å². The predicted octanol–water partition coefficient (Wildman–Crippen LogP) is 5.25. The highest BCUT2D eigenvalue weighted by Gasteiger charge is 2.37. The van der Waals surface area contributed by atoms with Crippen LogP contribution in [0.4, 0.5) is 5.95 Å². The molecule has 1 fully saturated rings. The molecule has 42 heavy (non-hydrogen) atoms. The summed E-state index contributed by atoms with van der Waals surface area (Å²) in [5.41, 5.74) is 3.31. The molecule has 3 aliphatic rings. The van der Waals surface area contributed by atoms with Crippen LogP contribution in [-0.4, -0.2) is 71.4 Å². The second-order valence-electron chi connectivity index (χ2n) is 10.1. The third kappa shape index (κ3) is 5.90. The number of carbonyl (C=O) groups is 2. The van der Waals surface area contributed by atoms with Gasteiger partial charge in [-0.25, -0.2) is 4.68 Å². The first kappa shape index (κ1) is 29.0. The zero-order valence-corrected chi connectivity index (χ0v) is 26.1. The summed E-state index contributed by atoms with van der Waals surface area (Å²) < 4.78 is 19.4. The molecule has 0 saturated carbocycles. The molecule has 220 valence electrons. The first-order valence-corrected chi connectivity index (χ1v) is 15.8. The van der Waals surface area contributed by atoms with Crippen molar-refractivity contribution in [2.24, 2.45) is 0 Å². The number of amides is 1. The number of carbonyl (C=O) groups excluding carboxylic acids is 2. The fourth-order valence-electron chi connectivity index (χ4n) is 5.34. The number of halogens is 2. The molecule has 3 aromatic rings. The standard InChI is InChI=1S/C29H29BrClN5O5S/c1-39-23-14-18(13-19(30)27(23)41-15-24(38)35-9-11-40-12-10-35)26-25-21(7-4-8-22(25)37)32-28-33-29(34-36(26)28)42-16-17-5-2-3-6-20(17)31/h2-3,5-6,13-14,26H,4,7-12,15-16H2,1H3,(H,32,33,34). The van der Waals surface area contributed by atoms with Crippen molar-refractivity contribution in [3.05, 3.63) is 68.3 Å². The topological polar surface area (TPSA) is 108 Å². The second-order valence-corrected chi connectivity index (χ2v) is 12.3. The summed E-state index contributed by atoms with van der Waals surface area (Å²) in [7, 11) is 1.55. The lowest BCUT2D eigenvalue weighted by Crippen LogP contribution is -2.43. The van der Waals surface area contributed by atoms with Gasteiger partial charge in [0.1, 0.15) is 6.04 Å². The van der Waals surface area contributed by atoms with Crippen LogP contribution in [0.15, 0.2) is 57.3 Å². The van der Waals surface area contributed by atoms with Gasteiger partial charge in [0.15, 0.2) is 23.9 Å². The number of morpholine rings is 1. The number of fused-ring (bicyclic) bond motifs is 1. The van der Waals surface area contributed by atoms with Gasteiger partial charge in [-0.15, -0.1) is 5.10 Å². The average molecular weight is 675 g/mol. The van der Waals surface area contributed by atoms with E-state index in [1.807, 2.05) is 36.4 Å². The lowest BCUT2D eigenvalue weighted by atomic mass is 9.85. The van der Waals surface area contributed by atoms with E-state index in [4.69, 9.17) is 35.9 Å². The Hall–Kier alpha value is -3.06. The van der Waals surface area contributed by atoms with Crippen molar-refractivity contribution >= 4 is 56.9 Å². The van der Waals surface area contributed by atoms with E-state index in [9.17, 15) is 9.59 Å². The molecule has 0 spiro atoms. The lowest BCUT2D eigenvalue weighted by Gasteiger charge is -2.32. The molecule has 1 aliphatic carbocycles. The Morgan fingerprint density at radius 1 is 1.24 bits per heavy atom. The van der Waals surface area contributed by atoms with E-state index in [0.29, 0.717) is 76.1 Å². The Labute approximate surface area is 260 Å². The number of ether oxygens (including phenoxy) is 3. The number of hydrogen-bond acceptors (Lipinski definition) is 9. The van der Waals surface area contributed by atoms with Crippen LogP contribution >= 0.6 is 39.3 Å². The number of aromatic nitrogens is 3. The van der Waals surface area contributed by atoms with Crippen LogP contribution in [0.25, 0.3) is 0 Å². The van der Waals surface area contributed by atoms with Gasteiger partial charge in [0.25, 0.3) is 5.91 Å². The minimum absolute atomic E-state index is 0.0756. The zero-order chi connectivity index (χ0) is 29.2. The number of nitrogens with one attached hydrogen (secondary N) is 1. The molecule has 1 amide bonds. The summed E-state index contributed by atoms with van der Waals surface area (Å²) in [4.78, 5) is 32.5. The molecule has 1 unspecified atom stereocenters. The molecule has 0 bridgehead atoms. The van der Waals surface area contributed by atoms with Crippen molar-refractivity contribution in [3.63, 3.8) is 0 Å². The average Bonchev–Trinajstić information content (AvgIpc) is 3.41. The molecule has 10 nitrogen and oxygen atoms in total. The highest BCUT2D eigenvalue weighted by Crippen LogP contribution is 2.45. The van der Waals surface area contributed by atoms with E-state index in [2.05, 4.69) is 21.2 Å². The molecule has 1 N–H and O–H groups in total. The van der Waals surface area contributed by atoms with Gasteiger partial charge in [0.05, 0.1) is 24.8 Å². The van der Waals surface area contributed by atoms with Crippen LogP contribution in [0, 0.1) is 0 Å². The maximum atomic E-state index is 13.3. The first-order chi connectivity index (χ1) is 20.4. The zero-order valence-electron chi connectivity index (χ0n) is 22.9. The van der Waals surface area contributed by atoms with E-state index in [1.54, 1.807) is 16.7 Å². The highest BCUT2D eigenvalue weighted by molar-refractivity contribution is 9.10. The quantitative estimate of drug-likeness (QED) is 0.321. The molecule has 0 radical (unpaired) electrons. The predicted molar refractivity (Wildman–Crippen MR) is 162 cm³/mol. The fourth-order valence-corrected chi connectivity index (χ4v) is 7.03. The molecule has 2 aliphatic heterocycles. The van der Waals surface area contributed by atoms with E-state index < -0.39 is 6.04 Å². The molecule has 2 aromatic carbocycles. The normalized spacial score (nSPS) is 18.3. The summed E-state index contributed by atoms with van der Waals surface area (Å²) in [6.45, 7) is 1.99. The van der Waals surface area contributed by atoms with E-state index in [1.165, 1.54) is 11.8 Å². The van der Waals surface area contributed by atoms with Crippen LogP contribution < -0.4 is 14.8 Å². The van der Waals surface area contributed by atoms with Crippen LogP contribution in [0.2, 0.25) is 5.02 Å². The summed E-state index contributed by atoms with van der Waals surface area (Å²) in [6.07, 6.45) is 1.99. The van der Waals surface area contributed by atoms with Gasteiger partial charge in [-0.2, -0.15) is 4.98 Å². The second kappa shape index (κ2) is 12.7. The number of thioether (sulfide) groups is 1. The van der Waals surface area contributed by atoms with Crippen molar-refractivity contribution < 1.29 is 23.8 Å². The number of hydrogen-bond donors (Lipinski definition) is 1. The molecular formula is C29H29BrClN5O5S. The van der Waals surface area contributed by atoms with Crippen molar-refractivity contribution in [2.75, 3.05) is 45.3 Å². The SMILES string of the molecule is COc1cc(C2C3=C(CCCC3=O)Nc3nc(SCc4ccccc4Cl)nn32)cc(Br)c1OCC(=O)N1CCOCC1. The first-order valence-electron chi connectivity index (χ1n) is 13.6. The molecule has 1 aromatic heterocycles. The monoisotopic (exact) mass is 673 g/mol. The summed E-state index contributed by atoms with van der Waals surface area (Å²) in [6, 6.07) is 10.9. The maximum absolute atomic E-state index is 13.3. The lowest BCUT2D eigenvalue weighted by molar-refractivity contribution is -0.137. The number of benzene rings is 2. The Balaban J connectivity index is 1.31. The number of allylic oxidation sites excluding steroid dienone is 2. The number of anilines is 1. The summed E-state index contributed by atoms with van der Waals surface area (Å²) in [5, 5.41) is 9.46. The third-order valence-electron chi connectivity index (χ3n) is 7.43. The molecular weight excluding hydrogens is 646 g/mol. The Morgan fingerprint density at radius 3 is 2.83 bits per heavy atom. The smallest absolute Gasteiger partial charge is 0.260 e. The van der Waals surface area contributed by atoms with Crippen LogP contribution in [-0.2, 0) is 20.1 Å². The number of Topliss-reactive ketones (excluding diaryl/α,β-unsaturated/α-hetero) is 1. The minimum atomic E-state index is -0.513. The molecule has 6 rings (SSSR count). The Bertz CT molecular complexity index is 1560. The van der Waals surface area contributed by atoms with Gasteiger partial charge in [-0.1, -0.05) is 41.6 Å². The largest absolute Gasteiger partial charge is 0.493 e. The van der Waals surface area contributed by atoms with Gasteiger partial charge >= 0.3 is 0 Å². The minimum Gasteiger partial charge on any atom is -0.493 e. The molecule has 1 atom stereocenters. The van der Waals surface area contributed by atoms with Crippen LogP contribution in [0.5, 0.6) is 11.5 Å². The fraction of sp³-hybridized carbons (Fsp3) is 0.379. The van der Waals surface area contributed by atoms with Gasteiger partial charge in [0.2, 0.25) is 11.1 Å². The number of rotatable bonds is 8. The summed E-state index contributed by atoms with van der Waals surface area (Å²) >= 11 is 11.5. The maximum Gasteiger partial charge on any atom is 0.260 e. The molecule has 1 saturated heterocycles. The van der Waals surface area contributed by atoms with Crippen molar-refractivity contribution in [3.8, 4) is 11.5 Å². The van der Waals surface area contributed by atoms with Crippen LogP contribution in [0.3, 0.4) is 0 Å². The highest BCUT2D eigenvalue weighted by atomic mass is 79.9. The van der Waals surface area contributed by atoms with Crippen LogP contribution in [0.1, 0.15) is 36.4 Å². The Morgan fingerprint density at radius 2 is 2.05 bits per heavy atom. The third-order valence-corrected chi connectivity index (χ3v) is 9.28. The molecule has 13 heteroatoms. The van der Waals surface area contributed by atoms with E-state index >= 15 is 0 Å². The number of ketones is 1. The number of methoxy groups -OCH3 is 1. The summed E-state index contributed by atoms with van der Waals surface area (Å²) in [5.74, 6) is 1.98. The van der Waals surface area contributed by atoms with Gasteiger partial charge in [-0.05, 0) is 58.1 Å². The van der Waals surface area contributed by atoms with Crippen molar-refractivity contribution in [2.45, 2.75) is 36.2 Å². The van der Waals surface area contributed by atoms with Gasteiger partial charge in [0, 0.05) is 41.6 Å². The Kier molecular flexibility index (Phi) is 8.75. The van der Waals surface area contributed by atoms with Gasteiger partial charge < -0.3 is 24.4 Å². The van der Waals surface area contributed by atoms with Gasteiger partial charge in [-0.3, -0.25) is 9.59 Å². The van der Waals surface area contributed by atoms with Crippen molar-refractivity contribution in [1.82, 2.24) is 19.7 Å². The van der Waals surface area contributed by atoms with Crippen molar-refractivity contribution in [1.29, 1.82) is 0 Å². The number of nitrogens with zero attached hydrogens (tertiary/aromatic N) is 4.